The SMILES string of the molecule is CC(C(=O)O)n1cc(C#N)c(=O)[nH]c1=O. The average Bonchev–Trinajstić information content (AvgIpc) is 2.17. The standard InChI is InChI=1S/C8H7N3O4/c1-4(7(13)14)11-3-5(2-9)6(12)10-8(11)15/h3-4H,1H3,(H,13,14)(H,10,12,15). The summed E-state index contributed by atoms with van der Waals surface area (Å²) in [6.07, 6.45) is 0.931. The number of rotatable bonds is 2. The fourth-order valence-corrected chi connectivity index (χ4v) is 0.972. The van der Waals surface area contributed by atoms with Gasteiger partial charge in [0.2, 0.25) is 0 Å². The predicted octanol–water partition coefficient (Wildman–Crippen LogP) is -0.946. The first kappa shape index (κ1) is 10.7. The molecule has 78 valence electrons. The lowest BCUT2D eigenvalue weighted by atomic mass is 10.3. The molecule has 7 nitrogen and oxygen atoms in total. The van der Waals surface area contributed by atoms with Gasteiger partial charge >= 0.3 is 11.7 Å². The molecule has 0 saturated carbocycles. The Labute approximate surface area is 83.2 Å². The van der Waals surface area contributed by atoms with E-state index in [2.05, 4.69) is 0 Å². The molecule has 1 unspecified atom stereocenters. The van der Waals surface area contributed by atoms with Crippen LogP contribution in [0.1, 0.15) is 18.5 Å². The maximum absolute atomic E-state index is 11.2. The summed E-state index contributed by atoms with van der Waals surface area (Å²) in [5, 5.41) is 17.2. The molecule has 0 spiro atoms. The third-order valence-electron chi connectivity index (χ3n) is 1.86. The summed E-state index contributed by atoms with van der Waals surface area (Å²) in [6.45, 7) is 1.27. The predicted molar refractivity (Wildman–Crippen MR) is 48.4 cm³/mol. The highest BCUT2D eigenvalue weighted by Crippen LogP contribution is 2.00. The van der Waals surface area contributed by atoms with Gasteiger partial charge in [0.25, 0.3) is 5.56 Å². The van der Waals surface area contributed by atoms with Crippen LogP contribution in [0, 0.1) is 11.3 Å². The number of carboxylic acid groups (broad SMARTS) is 1. The molecule has 0 aliphatic carbocycles. The molecule has 0 fully saturated rings. The van der Waals surface area contributed by atoms with Crippen molar-refractivity contribution in [1.29, 1.82) is 5.26 Å². The molecule has 1 heterocycles. The monoisotopic (exact) mass is 209 g/mol. The van der Waals surface area contributed by atoms with Gasteiger partial charge in [0, 0.05) is 6.20 Å². The molecular formula is C8H7N3O4. The Kier molecular flexibility index (Phi) is 2.71. The zero-order chi connectivity index (χ0) is 11.6. The van der Waals surface area contributed by atoms with Crippen LogP contribution in [0.5, 0.6) is 0 Å². The van der Waals surface area contributed by atoms with Crippen LogP contribution in [0.4, 0.5) is 0 Å². The second-order valence-electron chi connectivity index (χ2n) is 2.84. The van der Waals surface area contributed by atoms with Crippen LogP contribution in [0.15, 0.2) is 15.8 Å². The van der Waals surface area contributed by atoms with Crippen LogP contribution in [0.3, 0.4) is 0 Å². The number of nitrogens with zero attached hydrogens (tertiary/aromatic N) is 2. The minimum absolute atomic E-state index is 0.303. The van der Waals surface area contributed by atoms with Crippen LogP contribution < -0.4 is 11.2 Å². The molecule has 1 aromatic heterocycles. The summed E-state index contributed by atoms with van der Waals surface area (Å²) in [6, 6.07) is 0.423. The molecule has 0 saturated heterocycles. The van der Waals surface area contributed by atoms with E-state index in [9.17, 15) is 14.4 Å². The molecule has 1 aromatic rings. The van der Waals surface area contributed by atoms with Gasteiger partial charge in [-0.3, -0.25) is 14.3 Å². The third kappa shape index (κ3) is 1.94. The number of nitriles is 1. The van der Waals surface area contributed by atoms with Crippen molar-refractivity contribution in [2.75, 3.05) is 0 Å². The molecular weight excluding hydrogens is 202 g/mol. The van der Waals surface area contributed by atoms with Crippen molar-refractivity contribution in [3.05, 3.63) is 32.6 Å². The summed E-state index contributed by atoms with van der Waals surface area (Å²) >= 11 is 0. The molecule has 0 aliphatic heterocycles. The molecule has 0 amide bonds. The highest BCUT2D eigenvalue weighted by Gasteiger charge is 2.16. The second kappa shape index (κ2) is 3.79. The van der Waals surface area contributed by atoms with Crippen LogP contribution in [-0.2, 0) is 4.79 Å². The number of carbonyl (C=O) groups is 1. The zero-order valence-corrected chi connectivity index (χ0v) is 7.72. The first-order valence-corrected chi connectivity index (χ1v) is 3.95. The lowest BCUT2D eigenvalue weighted by Crippen LogP contribution is -2.35. The van der Waals surface area contributed by atoms with Crippen LogP contribution in [0.25, 0.3) is 0 Å². The molecule has 0 aliphatic rings. The molecule has 7 heteroatoms. The number of hydrogen-bond donors (Lipinski definition) is 2. The van der Waals surface area contributed by atoms with Crippen molar-refractivity contribution < 1.29 is 9.90 Å². The maximum Gasteiger partial charge on any atom is 0.329 e. The number of carboxylic acids is 1. The van der Waals surface area contributed by atoms with E-state index in [4.69, 9.17) is 10.4 Å². The molecule has 2 N–H and O–H groups in total. The van der Waals surface area contributed by atoms with Gasteiger partial charge in [-0.2, -0.15) is 5.26 Å². The van der Waals surface area contributed by atoms with Crippen molar-refractivity contribution in [2.45, 2.75) is 13.0 Å². The van der Waals surface area contributed by atoms with E-state index in [0.29, 0.717) is 0 Å². The lowest BCUT2D eigenvalue weighted by molar-refractivity contribution is -0.140. The molecule has 0 bridgehead atoms. The number of aliphatic carboxylic acids is 1. The first-order valence-electron chi connectivity index (χ1n) is 3.95. The quantitative estimate of drug-likeness (QED) is 0.651. The Morgan fingerprint density at radius 1 is 1.67 bits per heavy atom. The minimum Gasteiger partial charge on any atom is -0.480 e. The van der Waals surface area contributed by atoms with Crippen molar-refractivity contribution in [1.82, 2.24) is 9.55 Å². The van der Waals surface area contributed by atoms with Gasteiger partial charge in [0.15, 0.2) is 0 Å². The largest absolute Gasteiger partial charge is 0.480 e. The summed E-state index contributed by atoms with van der Waals surface area (Å²) in [7, 11) is 0. The second-order valence-corrected chi connectivity index (χ2v) is 2.84. The number of H-pyrrole nitrogens is 1. The van der Waals surface area contributed by atoms with Gasteiger partial charge in [0.05, 0.1) is 0 Å². The van der Waals surface area contributed by atoms with Crippen molar-refractivity contribution in [3.63, 3.8) is 0 Å². The number of aromatic amines is 1. The molecule has 0 radical (unpaired) electrons. The Balaban J connectivity index is 3.46. The van der Waals surface area contributed by atoms with Gasteiger partial charge in [-0.15, -0.1) is 0 Å². The molecule has 0 aromatic carbocycles. The van der Waals surface area contributed by atoms with Gasteiger partial charge in [-0.25, -0.2) is 9.59 Å². The van der Waals surface area contributed by atoms with Crippen LogP contribution in [0.2, 0.25) is 0 Å². The molecule has 15 heavy (non-hydrogen) atoms. The van der Waals surface area contributed by atoms with Gasteiger partial charge in [-0.1, -0.05) is 0 Å². The molecule has 1 rings (SSSR count). The average molecular weight is 209 g/mol. The fraction of sp³-hybridized carbons (Fsp3) is 0.250. The normalized spacial score (nSPS) is 11.7. The van der Waals surface area contributed by atoms with Gasteiger partial charge in [-0.05, 0) is 6.92 Å². The van der Waals surface area contributed by atoms with Crippen molar-refractivity contribution >= 4 is 5.97 Å². The van der Waals surface area contributed by atoms with Crippen molar-refractivity contribution in [2.24, 2.45) is 0 Å². The Morgan fingerprint density at radius 2 is 2.27 bits per heavy atom. The van der Waals surface area contributed by atoms with E-state index in [1.165, 1.54) is 6.92 Å². The number of hydrogen-bond acceptors (Lipinski definition) is 4. The van der Waals surface area contributed by atoms with E-state index in [0.717, 1.165) is 10.8 Å². The fourth-order valence-electron chi connectivity index (χ4n) is 0.972. The topological polar surface area (TPSA) is 116 Å². The van der Waals surface area contributed by atoms with E-state index in [-0.39, 0.29) is 5.56 Å². The van der Waals surface area contributed by atoms with Crippen molar-refractivity contribution in [3.8, 4) is 6.07 Å². The first-order chi connectivity index (χ1) is 6.97. The highest BCUT2D eigenvalue weighted by molar-refractivity contribution is 5.71. The number of aromatic nitrogens is 2. The minimum atomic E-state index is -1.23. The van der Waals surface area contributed by atoms with E-state index >= 15 is 0 Å². The van der Waals surface area contributed by atoms with Crippen LogP contribution in [-0.4, -0.2) is 20.6 Å². The summed E-state index contributed by atoms with van der Waals surface area (Å²) in [5.41, 5.74) is -1.98. The van der Waals surface area contributed by atoms with Crippen LogP contribution >= 0.6 is 0 Å². The van der Waals surface area contributed by atoms with Gasteiger partial charge in [0.1, 0.15) is 17.7 Å². The third-order valence-corrected chi connectivity index (χ3v) is 1.86. The Bertz CT molecular complexity index is 548. The van der Waals surface area contributed by atoms with E-state index < -0.39 is 23.3 Å². The molecule has 1 atom stereocenters. The highest BCUT2D eigenvalue weighted by atomic mass is 16.4. The summed E-state index contributed by atoms with van der Waals surface area (Å²) in [5.74, 6) is -1.23. The summed E-state index contributed by atoms with van der Waals surface area (Å²) in [4.78, 5) is 34.6. The summed E-state index contributed by atoms with van der Waals surface area (Å²) < 4.78 is 0.780. The Morgan fingerprint density at radius 3 is 2.73 bits per heavy atom. The Hall–Kier alpha value is -2.36. The lowest BCUT2D eigenvalue weighted by Gasteiger charge is -2.08. The smallest absolute Gasteiger partial charge is 0.329 e. The van der Waals surface area contributed by atoms with Gasteiger partial charge < -0.3 is 5.11 Å². The van der Waals surface area contributed by atoms with E-state index in [1.54, 1.807) is 6.07 Å². The number of nitrogens with one attached hydrogen (secondary N) is 1. The zero-order valence-electron chi connectivity index (χ0n) is 7.72. The maximum atomic E-state index is 11.2. The van der Waals surface area contributed by atoms with E-state index in [1.807, 2.05) is 4.98 Å².